The highest BCUT2D eigenvalue weighted by Gasteiger charge is 2.37. The summed E-state index contributed by atoms with van der Waals surface area (Å²) in [5.41, 5.74) is 5.55. The molecule has 0 saturated carbocycles. The summed E-state index contributed by atoms with van der Waals surface area (Å²) in [4.78, 5) is 18.3. The molecule has 0 N–H and O–H groups in total. The van der Waals surface area contributed by atoms with E-state index in [1.807, 2.05) is 48.5 Å². The normalized spacial score (nSPS) is 17.2. The van der Waals surface area contributed by atoms with Crippen LogP contribution in [0.5, 0.6) is 0 Å². The SMILES string of the molecule is Cc1cccc(N=C2c3ccccc3C(=O)C2c2ccc3ccccc3c2)c1. The summed E-state index contributed by atoms with van der Waals surface area (Å²) in [5, 5.41) is 2.31. The van der Waals surface area contributed by atoms with E-state index in [1.54, 1.807) is 0 Å². The second-order valence-corrected chi connectivity index (χ2v) is 7.29. The zero-order valence-electron chi connectivity index (χ0n) is 15.6. The third-order valence-corrected chi connectivity index (χ3v) is 5.36. The first kappa shape index (κ1) is 16.6. The van der Waals surface area contributed by atoms with Crippen molar-refractivity contribution in [3.8, 4) is 0 Å². The molecular formula is C26H19NO. The Labute approximate surface area is 164 Å². The molecule has 4 aromatic carbocycles. The maximum Gasteiger partial charge on any atom is 0.176 e. The van der Waals surface area contributed by atoms with Gasteiger partial charge in [-0.3, -0.25) is 9.79 Å². The van der Waals surface area contributed by atoms with Crippen molar-refractivity contribution in [3.05, 3.63) is 113 Å². The van der Waals surface area contributed by atoms with Crippen LogP contribution in [0.3, 0.4) is 0 Å². The van der Waals surface area contributed by atoms with Crippen LogP contribution in [0.15, 0.2) is 96.0 Å². The zero-order chi connectivity index (χ0) is 19.1. The van der Waals surface area contributed by atoms with E-state index < -0.39 is 0 Å². The van der Waals surface area contributed by atoms with Gasteiger partial charge in [-0.05, 0) is 41.0 Å². The lowest BCUT2D eigenvalue weighted by Gasteiger charge is -2.12. The minimum atomic E-state index is -0.373. The number of nitrogens with zero attached hydrogens (tertiary/aromatic N) is 1. The van der Waals surface area contributed by atoms with Gasteiger partial charge in [-0.15, -0.1) is 0 Å². The topological polar surface area (TPSA) is 29.4 Å². The van der Waals surface area contributed by atoms with Gasteiger partial charge in [0.25, 0.3) is 0 Å². The molecule has 0 aliphatic heterocycles. The van der Waals surface area contributed by atoms with Gasteiger partial charge in [0.1, 0.15) is 0 Å². The lowest BCUT2D eigenvalue weighted by molar-refractivity contribution is 0.0988. The first-order valence-electron chi connectivity index (χ1n) is 9.48. The van der Waals surface area contributed by atoms with Crippen LogP contribution < -0.4 is 0 Å². The number of rotatable bonds is 2. The molecule has 0 amide bonds. The first-order valence-corrected chi connectivity index (χ1v) is 9.48. The van der Waals surface area contributed by atoms with E-state index in [1.165, 1.54) is 5.39 Å². The number of fused-ring (bicyclic) bond motifs is 2. The molecule has 0 spiro atoms. The van der Waals surface area contributed by atoms with Gasteiger partial charge in [0.2, 0.25) is 0 Å². The Bertz CT molecular complexity index is 1250. The highest BCUT2D eigenvalue weighted by molar-refractivity contribution is 6.32. The summed E-state index contributed by atoms with van der Waals surface area (Å²) in [7, 11) is 0. The summed E-state index contributed by atoms with van der Waals surface area (Å²) in [6.07, 6.45) is 0. The summed E-state index contributed by atoms with van der Waals surface area (Å²) in [6.45, 7) is 2.05. The predicted octanol–water partition coefficient (Wildman–Crippen LogP) is 6.25. The molecule has 2 nitrogen and oxygen atoms in total. The van der Waals surface area contributed by atoms with Crippen LogP contribution >= 0.6 is 0 Å². The van der Waals surface area contributed by atoms with Gasteiger partial charge in [-0.2, -0.15) is 0 Å². The Kier molecular flexibility index (Phi) is 3.91. The highest BCUT2D eigenvalue weighted by atomic mass is 16.1. The summed E-state index contributed by atoms with van der Waals surface area (Å²) >= 11 is 0. The average Bonchev–Trinajstić information content (AvgIpc) is 3.00. The van der Waals surface area contributed by atoms with Gasteiger partial charge < -0.3 is 0 Å². The lowest BCUT2D eigenvalue weighted by Crippen LogP contribution is -2.13. The second-order valence-electron chi connectivity index (χ2n) is 7.29. The molecular weight excluding hydrogens is 342 g/mol. The number of aryl methyl sites for hydroxylation is 1. The summed E-state index contributed by atoms with van der Waals surface area (Å²) < 4.78 is 0. The largest absolute Gasteiger partial charge is 0.293 e. The van der Waals surface area contributed by atoms with Gasteiger partial charge in [-0.25, -0.2) is 0 Å². The lowest BCUT2D eigenvalue weighted by atomic mass is 9.91. The molecule has 0 saturated heterocycles. The van der Waals surface area contributed by atoms with Crippen molar-refractivity contribution in [1.82, 2.24) is 0 Å². The molecule has 5 rings (SSSR count). The van der Waals surface area contributed by atoms with Crippen LogP contribution in [-0.2, 0) is 0 Å². The van der Waals surface area contributed by atoms with Crippen molar-refractivity contribution < 1.29 is 4.79 Å². The van der Waals surface area contributed by atoms with Gasteiger partial charge in [0, 0.05) is 11.1 Å². The van der Waals surface area contributed by atoms with Crippen LogP contribution in [0.4, 0.5) is 5.69 Å². The van der Waals surface area contributed by atoms with E-state index in [4.69, 9.17) is 4.99 Å². The van der Waals surface area contributed by atoms with Crippen molar-refractivity contribution in [2.45, 2.75) is 12.8 Å². The molecule has 0 heterocycles. The molecule has 0 aromatic heterocycles. The van der Waals surface area contributed by atoms with Gasteiger partial charge >= 0.3 is 0 Å². The number of hydrogen-bond donors (Lipinski definition) is 0. The number of carbonyl (C=O) groups excluding carboxylic acids is 1. The Balaban J connectivity index is 1.71. The molecule has 28 heavy (non-hydrogen) atoms. The quantitative estimate of drug-likeness (QED) is 0.415. The minimum absolute atomic E-state index is 0.122. The molecule has 4 aromatic rings. The summed E-state index contributed by atoms with van der Waals surface area (Å²) in [6, 6.07) is 30.4. The van der Waals surface area contributed by atoms with Crippen molar-refractivity contribution in [2.75, 3.05) is 0 Å². The van der Waals surface area contributed by atoms with Crippen LogP contribution in [0, 0.1) is 6.92 Å². The standard InChI is InChI=1S/C26H19NO/c1-17-7-6-10-21(15-17)27-25-22-11-4-5-12-23(22)26(28)24(25)20-14-13-18-8-2-3-9-19(18)16-20/h2-16,24H,1H3. The van der Waals surface area contributed by atoms with Crippen molar-refractivity contribution in [1.29, 1.82) is 0 Å². The first-order chi connectivity index (χ1) is 13.7. The maximum atomic E-state index is 13.3. The molecule has 0 bridgehead atoms. The fourth-order valence-electron chi connectivity index (χ4n) is 4.01. The maximum absolute atomic E-state index is 13.3. The van der Waals surface area contributed by atoms with E-state index >= 15 is 0 Å². The van der Waals surface area contributed by atoms with E-state index in [2.05, 4.69) is 49.4 Å². The molecule has 1 aliphatic carbocycles. The average molecular weight is 361 g/mol. The molecule has 1 aliphatic rings. The van der Waals surface area contributed by atoms with E-state index in [0.29, 0.717) is 0 Å². The van der Waals surface area contributed by atoms with Crippen LogP contribution in [-0.4, -0.2) is 11.5 Å². The number of hydrogen-bond acceptors (Lipinski definition) is 2. The van der Waals surface area contributed by atoms with Crippen molar-refractivity contribution in [2.24, 2.45) is 4.99 Å². The Morgan fingerprint density at radius 2 is 1.46 bits per heavy atom. The van der Waals surface area contributed by atoms with Gasteiger partial charge in [0.15, 0.2) is 5.78 Å². The predicted molar refractivity (Wildman–Crippen MR) is 115 cm³/mol. The molecule has 1 unspecified atom stereocenters. The zero-order valence-corrected chi connectivity index (χ0v) is 15.6. The molecule has 134 valence electrons. The molecule has 2 heteroatoms. The second kappa shape index (κ2) is 6.58. The van der Waals surface area contributed by atoms with Gasteiger partial charge in [0.05, 0.1) is 17.3 Å². The number of aliphatic imine (C=N–C) groups is 1. The Morgan fingerprint density at radius 3 is 2.29 bits per heavy atom. The smallest absolute Gasteiger partial charge is 0.176 e. The molecule has 1 atom stereocenters. The number of carbonyl (C=O) groups is 1. The van der Waals surface area contributed by atoms with Gasteiger partial charge in [-0.1, -0.05) is 78.9 Å². The fourth-order valence-corrected chi connectivity index (χ4v) is 4.01. The highest BCUT2D eigenvalue weighted by Crippen LogP contribution is 2.37. The number of benzene rings is 4. The van der Waals surface area contributed by atoms with Crippen molar-refractivity contribution in [3.63, 3.8) is 0 Å². The number of ketones is 1. The van der Waals surface area contributed by atoms with E-state index in [9.17, 15) is 4.79 Å². The van der Waals surface area contributed by atoms with E-state index in [0.717, 1.165) is 39.0 Å². The third kappa shape index (κ3) is 2.74. The Morgan fingerprint density at radius 1 is 0.714 bits per heavy atom. The van der Waals surface area contributed by atoms with Crippen LogP contribution in [0.2, 0.25) is 0 Å². The minimum Gasteiger partial charge on any atom is -0.293 e. The Hall–Kier alpha value is -3.52. The summed E-state index contributed by atoms with van der Waals surface area (Å²) in [5.74, 6) is -0.250. The van der Waals surface area contributed by atoms with E-state index in [-0.39, 0.29) is 11.7 Å². The molecule has 0 fully saturated rings. The fraction of sp³-hybridized carbons (Fsp3) is 0.0769. The third-order valence-electron chi connectivity index (χ3n) is 5.36. The van der Waals surface area contributed by atoms with Crippen LogP contribution in [0.25, 0.3) is 10.8 Å². The monoisotopic (exact) mass is 361 g/mol. The van der Waals surface area contributed by atoms with Crippen LogP contribution in [0.1, 0.15) is 33.0 Å². The van der Waals surface area contributed by atoms with Crippen molar-refractivity contribution >= 4 is 28.0 Å². The number of Topliss-reactive ketones (excluding diaryl/α,β-unsaturated/α-hetero) is 1. The molecule has 0 radical (unpaired) electrons.